The molecule has 0 radical (unpaired) electrons. The molecule has 0 amide bonds. The summed E-state index contributed by atoms with van der Waals surface area (Å²) in [6, 6.07) is 0.862. The van der Waals surface area contributed by atoms with E-state index in [1.165, 1.54) is 0 Å². The van der Waals surface area contributed by atoms with Crippen molar-refractivity contribution in [3.63, 3.8) is 0 Å². The van der Waals surface area contributed by atoms with Crippen LogP contribution in [-0.2, 0) is 0 Å². The molecule has 21 heavy (non-hydrogen) atoms. The van der Waals surface area contributed by atoms with E-state index in [1.54, 1.807) is 0 Å². The molecule has 1 aromatic rings. The number of hydrogen-bond donors (Lipinski definition) is 2. The van der Waals surface area contributed by atoms with E-state index < -0.39 is 0 Å². The molecular weight excluding hydrogens is 270 g/mol. The molecule has 8 nitrogen and oxygen atoms in total. The molecule has 0 saturated carbocycles. The molecule has 2 heterocycles. The lowest BCUT2D eigenvalue weighted by Crippen LogP contribution is -2.49. The quantitative estimate of drug-likeness (QED) is 0.598. The van der Waals surface area contributed by atoms with Gasteiger partial charge < -0.3 is 9.64 Å². The summed E-state index contributed by atoms with van der Waals surface area (Å²) in [7, 11) is 0. The molecule has 1 saturated heterocycles. The number of ether oxygens (including phenoxy) is 1. The Morgan fingerprint density at radius 1 is 1.05 bits per heavy atom. The molecule has 0 aliphatic carbocycles. The predicted octanol–water partition coefficient (Wildman–Crippen LogP) is 0.475. The zero-order chi connectivity index (χ0) is 15.4. The average molecular weight is 295 g/mol. The Bertz CT molecular complexity index is 458. The van der Waals surface area contributed by atoms with Gasteiger partial charge in [-0.3, -0.25) is 10.3 Å². The van der Waals surface area contributed by atoms with E-state index in [0.717, 1.165) is 26.2 Å². The van der Waals surface area contributed by atoms with Crippen LogP contribution in [0.3, 0.4) is 0 Å². The van der Waals surface area contributed by atoms with Gasteiger partial charge in [-0.15, -0.1) is 0 Å². The number of hydrogen-bond acceptors (Lipinski definition) is 8. The van der Waals surface area contributed by atoms with Crippen LogP contribution in [0.25, 0.3) is 0 Å². The van der Waals surface area contributed by atoms with Crippen molar-refractivity contribution < 1.29 is 4.74 Å². The van der Waals surface area contributed by atoms with E-state index in [2.05, 4.69) is 44.0 Å². The summed E-state index contributed by atoms with van der Waals surface area (Å²) in [6.45, 7) is 12.0. The zero-order valence-electron chi connectivity index (χ0n) is 13.2. The van der Waals surface area contributed by atoms with E-state index in [4.69, 9.17) is 10.6 Å². The van der Waals surface area contributed by atoms with Gasteiger partial charge in [-0.1, -0.05) is 0 Å². The first-order valence-electron chi connectivity index (χ1n) is 7.38. The summed E-state index contributed by atoms with van der Waals surface area (Å²) in [4.78, 5) is 17.4. The van der Waals surface area contributed by atoms with Crippen LogP contribution in [-0.4, -0.2) is 58.2 Å². The van der Waals surface area contributed by atoms with Crippen LogP contribution < -0.4 is 20.9 Å². The van der Waals surface area contributed by atoms with Crippen molar-refractivity contribution >= 4 is 11.9 Å². The highest BCUT2D eigenvalue weighted by Crippen LogP contribution is 2.17. The average Bonchev–Trinajstić information content (AvgIpc) is 2.46. The lowest BCUT2D eigenvalue weighted by Gasteiger charge is -2.36. The molecule has 0 aromatic carbocycles. The van der Waals surface area contributed by atoms with Crippen molar-refractivity contribution in [3.05, 3.63) is 0 Å². The van der Waals surface area contributed by atoms with Gasteiger partial charge in [-0.25, -0.2) is 5.84 Å². The van der Waals surface area contributed by atoms with Crippen LogP contribution in [0.4, 0.5) is 11.9 Å². The Hall–Kier alpha value is -1.67. The van der Waals surface area contributed by atoms with Crippen molar-refractivity contribution in [2.24, 2.45) is 5.84 Å². The second-order valence-electron chi connectivity index (χ2n) is 5.67. The fraction of sp³-hybridized carbons (Fsp3) is 0.769. The molecular formula is C13H25N7O. The van der Waals surface area contributed by atoms with E-state index in [9.17, 15) is 0 Å². The van der Waals surface area contributed by atoms with Gasteiger partial charge in [0.1, 0.15) is 0 Å². The van der Waals surface area contributed by atoms with Crippen molar-refractivity contribution in [1.29, 1.82) is 0 Å². The van der Waals surface area contributed by atoms with E-state index in [-0.39, 0.29) is 6.10 Å². The Labute approximate surface area is 125 Å². The van der Waals surface area contributed by atoms with Crippen LogP contribution >= 0.6 is 0 Å². The minimum atomic E-state index is 0.00339. The number of nitrogens with one attached hydrogen (secondary N) is 1. The predicted molar refractivity (Wildman–Crippen MR) is 82.3 cm³/mol. The molecule has 0 bridgehead atoms. The van der Waals surface area contributed by atoms with Crippen LogP contribution in [0.15, 0.2) is 0 Å². The van der Waals surface area contributed by atoms with Gasteiger partial charge in [0.2, 0.25) is 11.9 Å². The summed E-state index contributed by atoms with van der Waals surface area (Å²) < 4.78 is 5.55. The molecule has 1 aliphatic rings. The van der Waals surface area contributed by atoms with Crippen molar-refractivity contribution in [1.82, 2.24) is 19.9 Å². The normalized spacial score (nSPS) is 16.6. The van der Waals surface area contributed by atoms with E-state index in [0.29, 0.717) is 23.9 Å². The number of nitrogen functional groups attached to an aromatic ring is 1. The minimum Gasteiger partial charge on any atom is -0.461 e. The number of nitrogens with zero attached hydrogens (tertiary/aromatic N) is 5. The molecule has 1 aliphatic heterocycles. The molecule has 1 fully saturated rings. The molecule has 2 rings (SSSR count). The Kier molecular flexibility index (Phi) is 5.13. The lowest BCUT2D eigenvalue weighted by atomic mass is 10.2. The molecule has 0 unspecified atom stereocenters. The summed E-state index contributed by atoms with van der Waals surface area (Å²) in [5, 5.41) is 0. The van der Waals surface area contributed by atoms with E-state index >= 15 is 0 Å². The topological polar surface area (TPSA) is 92.4 Å². The monoisotopic (exact) mass is 295 g/mol. The highest BCUT2D eigenvalue weighted by Gasteiger charge is 2.22. The van der Waals surface area contributed by atoms with Gasteiger partial charge in [-0.2, -0.15) is 15.0 Å². The Morgan fingerprint density at radius 3 is 2.24 bits per heavy atom. The van der Waals surface area contributed by atoms with Crippen LogP contribution in [0.2, 0.25) is 0 Å². The third-order valence-electron chi connectivity index (χ3n) is 3.40. The number of anilines is 2. The highest BCUT2D eigenvalue weighted by atomic mass is 16.5. The first kappa shape index (κ1) is 15.7. The number of rotatable bonds is 5. The summed E-state index contributed by atoms with van der Waals surface area (Å²) in [5.74, 6) is 6.35. The fourth-order valence-electron chi connectivity index (χ4n) is 2.25. The molecule has 3 N–H and O–H groups in total. The SMILES string of the molecule is CC(C)Oc1nc(NN)nc(N2CCN(C(C)C)CC2)n1. The Balaban J connectivity index is 2.12. The summed E-state index contributed by atoms with van der Waals surface area (Å²) in [5.41, 5.74) is 2.47. The molecule has 118 valence electrons. The van der Waals surface area contributed by atoms with Gasteiger partial charge in [0.05, 0.1) is 6.10 Å². The van der Waals surface area contributed by atoms with Gasteiger partial charge in [0.25, 0.3) is 0 Å². The summed E-state index contributed by atoms with van der Waals surface area (Å²) in [6.07, 6.45) is 0.00339. The number of piperazine rings is 1. The number of aromatic nitrogens is 3. The third kappa shape index (κ3) is 4.15. The van der Waals surface area contributed by atoms with Crippen LogP contribution in [0, 0.1) is 0 Å². The highest BCUT2D eigenvalue weighted by molar-refractivity contribution is 5.38. The molecule has 0 atom stereocenters. The molecule has 1 aromatic heterocycles. The van der Waals surface area contributed by atoms with Crippen LogP contribution in [0.5, 0.6) is 6.01 Å². The maximum atomic E-state index is 5.55. The zero-order valence-corrected chi connectivity index (χ0v) is 13.2. The van der Waals surface area contributed by atoms with Crippen molar-refractivity contribution in [2.45, 2.75) is 39.8 Å². The maximum absolute atomic E-state index is 5.55. The second kappa shape index (κ2) is 6.86. The first-order chi connectivity index (χ1) is 9.99. The number of hydrazine groups is 1. The third-order valence-corrected chi connectivity index (χ3v) is 3.40. The number of nitrogens with two attached hydrogens (primary N) is 1. The van der Waals surface area contributed by atoms with Gasteiger partial charge in [-0.05, 0) is 27.7 Å². The smallest absolute Gasteiger partial charge is 0.323 e. The van der Waals surface area contributed by atoms with E-state index in [1.807, 2.05) is 13.8 Å². The first-order valence-corrected chi connectivity index (χ1v) is 7.38. The van der Waals surface area contributed by atoms with Crippen molar-refractivity contribution in [3.8, 4) is 6.01 Å². The Morgan fingerprint density at radius 2 is 1.71 bits per heavy atom. The molecule has 0 spiro atoms. The van der Waals surface area contributed by atoms with Crippen molar-refractivity contribution in [2.75, 3.05) is 36.5 Å². The van der Waals surface area contributed by atoms with Gasteiger partial charge in [0.15, 0.2) is 0 Å². The molecule has 8 heteroatoms. The largest absolute Gasteiger partial charge is 0.461 e. The van der Waals surface area contributed by atoms with Crippen LogP contribution in [0.1, 0.15) is 27.7 Å². The summed E-state index contributed by atoms with van der Waals surface area (Å²) >= 11 is 0. The minimum absolute atomic E-state index is 0.00339. The fourth-order valence-corrected chi connectivity index (χ4v) is 2.25. The van der Waals surface area contributed by atoms with Gasteiger partial charge >= 0.3 is 6.01 Å². The van der Waals surface area contributed by atoms with Gasteiger partial charge in [0, 0.05) is 32.2 Å². The standard InChI is InChI=1S/C13H25N7O/c1-9(2)19-5-7-20(8-6-19)12-15-11(18-14)16-13(17-12)21-10(3)4/h9-10H,5-8,14H2,1-4H3,(H,15,16,17,18). The lowest BCUT2D eigenvalue weighted by molar-refractivity contribution is 0.206. The second-order valence-corrected chi connectivity index (χ2v) is 5.67. The maximum Gasteiger partial charge on any atom is 0.323 e.